The molecule has 0 bridgehead atoms. The van der Waals surface area contributed by atoms with Gasteiger partial charge in [0.05, 0.1) is 21.6 Å². The molecule has 1 aliphatic heterocycles. The van der Waals surface area contributed by atoms with Gasteiger partial charge < -0.3 is 10.2 Å². The summed E-state index contributed by atoms with van der Waals surface area (Å²) in [6.07, 6.45) is 0. The number of hydrogen-bond acceptors (Lipinski definition) is 6. The molecule has 1 aromatic carbocycles. The summed E-state index contributed by atoms with van der Waals surface area (Å²) in [5.41, 5.74) is 0.712. The molecule has 1 aliphatic rings. The minimum Gasteiger partial charge on any atom is -0.330 e. The van der Waals surface area contributed by atoms with Crippen molar-refractivity contribution in [3.8, 4) is 0 Å². The van der Waals surface area contributed by atoms with E-state index in [0.29, 0.717) is 10.6 Å². The molecule has 1 atom stereocenters. The van der Waals surface area contributed by atoms with Crippen molar-refractivity contribution < 1.29 is 23.2 Å². The van der Waals surface area contributed by atoms with Gasteiger partial charge in [-0.3, -0.25) is 14.4 Å². The lowest BCUT2D eigenvalue weighted by Gasteiger charge is -2.14. The van der Waals surface area contributed by atoms with Crippen molar-refractivity contribution in [2.24, 2.45) is 5.92 Å². The molecule has 0 saturated carbocycles. The molecule has 27 heavy (non-hydrogen) atoms. The number of halogens is 2. The van der Waals surface area contributed by atoms with Gasteiger partial charge in [0, 0.05) is 11.9 Å². The van der Waals surface area contributed by atoms with E-state index >= 15 is 0 Å². The van der Waals surface area contributed by atoms with Gasteiger partial charge in [-0.25, -0.2) is 13.8 Å². The number of hydrogen-bond donors (Lipinski definition) is 1. The number of anilines is 1. The molecular formula is C17H11F2N3O3S2. The molecule has 138 valence electrons. The highest BCUT2D eigenvalue weighted by atomic mass is 32.1. The Morgan fingerprint density at radius 3 is 2.78 bits per heavy atom. The van der Waals surface area contributed by atoms with Crippen LogP contribution < -0.4 is 5.32 Å². The van der Waals surface area contributed by atoms with Gasteiger partial charge in [0.1, 0.15) is 5.92 Å². The van der Waals surface area contributed by atoms with Crippen LogP contribution in [0.25, 0.3) is 10.2 Å². The van der Waals surface area contributed by atoms with Gasteiger partial charge in [0.25, 0.3) is 5.91 Å². The Morgan fingerprint density at radius 2 is 2.07 bits per heavy atom. The van der Waals surface area contributed by atoms with Crippen LogP contribution in [0.5, 0.6) is 0 Å². The average Bonchev–Trinajstić information content (AvgIpc) is 3.28. The van der Waals surface area contributed by atoms with Crippen molar-refractivity contribution in [3.05, 3.63) is 46.2 Å². The fourth-order valence-electron chi connectivity index (χ4n) is 2.79. The van der Waals surface area contributed by atoms with E-state index in [1.165, 1.54) is 11.3 Å². The molecule has 2 aromatic heterocycles. The fourth-order valence-corrected chi connectivity index (χ4v) is 4.44. The van der Waals surface area contributed by atoms with Crippen LogP contribution in [-0.4, -0.2) is 34.0 Å². The summed E-state index contributed by atoms with van der Waals surface area (Å²) in [5.74, 6) is -5.65. The Labute approximate surface area is 159 Å². The molecule has 1 fully saturated rings. The number of ketones is 1. The lowest BCUT2D eigenvalue weighted by molar-refractivity contribution is -0.142. The smallest absolute Gasteiger partial charge is 0.291 e. The van der Waals surface area contributed by atoms with Crippen molar-refractivity contribution in [1.82, 2.24) is 9.88 Å². The van der Waals surface area contributed by atoms with E-state index in [9.17, 15) is 23.2 Å². The van der Waals surface area contributed by atoms with Crippen LogP contribution >= 0.6 is 22.7 Å². The van der Waals surface area contributed by atoms with Crippen LogP contribution in [0.4, 0.5) is 13.9 Å². The molecule has 0 radical (unpaired) electrons. The Hall–Kier alpha value is -2.72. The highest BCUT2D eigenvalue weighted by Gasteiger charge is 2.43. The molecule has 4 rings (SSSR count). The number of thiazole rings is 1. The molecule has 0 spiro atoms. The normalized spacial score (nSPS) is 17.1. The highest BCUT2D eigenvalue weighted by molar-refractivity contribution is 7.22. The summed E-state index contributed by atoms with van der Waals surface area (Å²) < 4.78 is 27.6. The summed E-state index contributed by atoms with van der Waals surface area (Å²) in [6, 6.07) is 7.30. The number of amides is 2. The molecule has 1 unspecified atom stereocenters. The third-order valence-electron chi connectivity index (χ3n) is 4.15. The standard InChI is InChI=1S/C17H11F2N3O3S2/c18-9-7-26-12(13(9)19)6-22-5-8(14(23)16(22)25)15(24)21-17-20-10-3-1-2-4-11(10)27-17/h1-4,7-8H,5-6H2,(H,20,21,24). The van der Waals surface area contributed by atoms with Crippen molar-refractivity contribution in [3.63, 3.8) is 0 Å². The SMILES string of the molecule is O=C(Nc1nc2ccccc2s1)C1CN(Cc2scc(F)c2F)C(=O)C1=O. The van der Waals surface area contributed by atoms with Gasteiger partial charge in [-0.2, -0.15) is 0 Å². The van der Waals surface area contributed by atoms with Crippen LogP contribution in [0.3, 0.4) is 0 Å². The monoisotopic (exact) mass is 407 g/mol. The van der Waals surface area contributed by atoms with Crippen molar-refractivity contribution in [1.29, 1.82) is 0 Å². The number of likely N-dealkylation sites (tertiary alicyclic amines) is 1. The number of rotatable bonds is 4. The zero-order valence-corrected chi connectivity index (χ0v) is 15.2. The Morgan fingerprint density at radius 1 is 1.30 bits per heavy atom. The highest BCUT2D eigenvalue weighted by Crippen LogP contribution is 2.28. The zero-order valence-electron chi connectivity index (χ0n) is 13.6. The van der Waals surface area contributed by atoms with E-state index in [4.69, 9.17) is 0 Å². The van der Waals surface area contributed by atoms with Gasteiger partial charge in [0.2, 0.25) is 11.7 Å². The van der Waals surface area contributed by atoms with Gasteiger partial charge in [-0.05, 0) is 12.1 Å². The summed E-state index contributed by atoms with van der Waals surface area (Å²) in [7, 11) is 0. The first-order valence-corrected chi connectivity index (χ1v) is 9.54. The summed E-state index contributed by atoms with van der Waals surface area (Å²) in [6.45, 7) is -0.441. The third kappa shape index (κ3) is 3.21. The number of Topliss-reactive ketones (excluding diaryl/α,β-unsaturated/α-hetero) is 1. The van der Waals surface area contributed by atoms with E-state index in [1.807, 2.05) is 18.2 Å². The summed E-state index contributed by atoms with van der Waals surface area (Å²) in [4.78, 5) is 42.0. The molecule has 1 N–H and O–H groups in total. The maximum absolute atomic E-state index is 13.6. The first-order chi connectivity index (χ1) is 12.9. The number of carbonyl (C=O) groups is 3. The van der Waals surface area contributed by atoms with Crippen molar-refractivity contribution >= 4 is 55.6 Å². The van der Waals surface area contributed by atoms with Gasteiger partial charge in [-0.15, -0.1) is 11.3 Å². The number of carbonyl (C=O) groups excluding carboxylic acids is 3. The predicted octanol–water partition coefficient (Wildman–Crippen LogP) is 2.80. The van der Waals surface area contributed by atoms with E-state index < -0.39 is 35.1 Å². The second-order valence-corrected chi connectivity index (χ2v) is 7.89. The van der Waals surface area contributed by atoms with Crippen LogP contribution in [0.15, 0.2) is 29.6 Å². The lowest BCUT2D eigenvalue weighted by Crippen LogP contribution is -2.29. The number of aromatic nitrogens is 1. The third-order valence-corrected chi connectivity index (χ3v) is 6.02. The van der Waals surface area contributed by atoms with Crippen molar-refractivity contribution in [2.45, 2.75) is 6.54 Å². The minimum absolute atomic E-state index is 0.000816. The quantitative estimate of drug-likeness (QED) is 0.533. The van der Waals surface area contributed by atoms with E-state index in [1.54, 1.807) is 6.07 Å². The number of benzene rings is 1. The zero-order chi connectivity index (χ0) is 19.1. The molecular weight excluding hydrogens is 396 g/mol. The summed E-state index contributed by atoms with van der Waals surface area (Å²) >= 11 is 2.07. The molecule has 0 aliphatic carbocycles. The number of nitrogens with one attached hydrogen (secondary N) is 1. The molecule has 2 amide bonds. The van der Waals surface area contributed by atoms with E-state index in [0.717, 1.165) is 26.3 Å². The maximum Gasteiger partial charge on any atom is 0.291 e. The van der Waals surface area contributed by atoms with E-state index in [2.05, 4.69) is 10.3 Å². The predicted molar refractivity (Wildman–Crippen MR) is 96.4 cm³/mol. The topological polar surface area (TPSA) is 79.4 Å². The van der Waals surface area contributed by atoms with Crippen LogP contribution in [0, 0.1) is 17.6 Å². The fraction of sp³-hybridized carbons (Fsp3) is 0.176. The first-order valence-electron chi connectivity index (χ1n) is 7.85. The first kappa shape index (κ1) is 17.7. The molecule has 3 heterocycles. The van der Waals surface area contributed by atoms with Crippen LogP contribution in [0.2, 0.25) is 0 Å². The van der Waals surface area contributed by atoms with Gasteiger partial charge in [-0.1, -0.05) is 23.5 Å². The molecule has 3 aromatic rings. The number of para-hydroxylation sites is 1. The summed E-state index contributed by atoms with van der Waals surface area (Å²) in [5, 5.41) is 3.88. The Bertz CT molecular complexity index is 1050. The van der Waals surface area contributed by atoms with Gasteiger partial charge >= 0.3 is 0 Å². The van der Waals surface area contributed by atoms with Crippen LogP contribution in [0.1, 0.15) is 4.88 Å². The second kappa shape index (κ2) is 6.78. The molecule has 6 nitrogen and oxygen atoms in total. The minimum atomic E-state index is -1.21. The average molecular weight is 407 g/mol. The second-order valence-electron chi connectivity index (χ2n) is 5.90. The maximum atomic E-state index is 13.6. The Balaban J connectivity index is 1.48. The number of thiophene rings is 1. The lowest BCUT2D eigenvalue weighted by atomic mass is 10.1. The number of fused-ring (bicyclic) bond motifs is 1. The van der Waals surface area contributed by atoms with Crippen LogP contribution in [-0.2, 0) is 20.9 Å². The largest absolute Gasteiger partial charge is 0.330 e. The molecule has 10 heteroatoms. The van der Waals surface area contributed by atoms with E-state index in [-0.39, 0.29) is 18.0 Å². The van der Waals surface area contributed by atoms with Gasteiger partial charge in [0.15, 0.2) is 16.8 Å². The molecule has 1 saturated heterocycles. The van der Waals surface area contributed by atoms with Crippen molar-refractivity contribution in [2.75, 3.05) is 11.9 Å². The number of nitrogens with zero attached hydrogens (tertiary/aromatic N) is 2. The Kier molecular flexibility index (Phi) is 4.44.